The van der Waals surface area contributed by atoms with E-state index in [1.165, 1.54) is 12.3 Å². The largest absolute Gasteiger partial charge is 0.445 e. The van der Waals surface area contributed by atoms with Gasteiger partial charge in [-0.25, -0.2) is 28.5 Å². The summed E-state index contributed by atoms with van der Waals surface area (Å²) in [6.45, 7) is 1.80. The molecule has 0 aliphatic heterocycles. The molecule has 1 saturated carbocycles. The second-order valence-electron chi connectivity index (χ2n) is 11.1. The van der Waals surface area contributed by atoms with Crippen LogP contribution in [0.5, 0.6) is 0 Å². The van der Waals surface area contributed by atoms with Gasteiger partial charge in [0.05, 0.1) is 18.4 Å². The topological polar surface area (TPSA) is 160 Å². The Morgan fingerprint density at radius 3 is 2.72 bits per heavy atom. The monoisotopic (exact) mass is 627 g/mol. The summed E-state index contributed by atoms with van der Waals surface area (Å²) in [5.41, 5.74) is 2.66. The molecular formula is C32H31F2N9O3. The van der Waals surface area contributed by atoms with Crippen molar-refractivity contribution in [2.45, 2.75) is 57.3 Å². The van der Waals surface area contributed by atoms with Crippen LogP contribution in [0.1, 0.15) is 60.3 Å². The number of aromatic nitrogens is 6. The molecule has 12 nitrogen and oxygen atoms in total. The third kappa shape index (κ3) is 7.22. The number of nitrogens with one attached hydrogen (secondary N) is 4. The van der Waals surface area contributed by atoms with Gasteiger partial charge in [-0.3, -0.25) is 14.8 Å². The second-order valence-corrected chi connectivity index (χ2v) is 11.1. The first-order valence-corrected chi connectivity index (χ1v) is 14.8. The van der Waals surface area contributed by atoms with E-state index in [1.54, 1.807) is 30.7 Å². The molecule has 5 aromatic heterocycles. The van der Waals surface area contributed by atoms with E-state index in [4.69, 9.17) is 4.74 Å². The van der Waals surface area contributed by atoms with Crippen LogP contribution < -0.4 is 16.0 Å². The average Bonchev–Trinajstić information content (AvgIpc) is 3.48. The fourth-order valence-corrected chi connectivity index (χ4v) is 5.46. The van der Waals surface area contributed by atoms with Crippen molar-refractivity contribution in [1.82, 2.24) is 40.5 Å². The van der Waals surface area contributed by atoms with E-state index in [1.807, 2.05) is 19.1 Å². The van der Waals surface area contributed by atoms with Gasteiger partial charge in [0.2, 0.25) is 0 Å². The number of rotatable bonds is 9. The molecule has 0 saturated heterocycles. The van der Waals surface area contributed by atoms with Gasteiger partial charge < -0.3 is 25.7 Å². The Labute approximate surface area is 262 Å². The van der Waals surface area contributed by atoms with Gasteiger partial charge >= 0.3 is 6.09 Å². The summed E-state index contributed by atoms with van der Waals surface area (Å²) in [5.74, 6) is -1.25. The molecule has 0 spiro atoms. The maximum absolute atomic E-state index is 14.8. The predicted octanol–water partition coefficient (Wildman–Crippen LogP) is 5.23. The Morgan fingerprint density at radius 2 is 1.87 bits per heavy atom. The quantitative estimate of drug-likeness (QED) is 0.172. The molecule has 236 valence electrons. The van der Waals surface area contributed by atoms with Gasteiger partial charge in [0.15, 0.2) is 17.5 Å². The summed E-state index contributed by atoms with van der Waals surface area (Å²) < 4.78 is 34.0. The Balaban J connectivity index is 1.04. The maximum atomic E-state index is 14.8. The first-order valence-electron chi connectivity index (χ1n) is 14.8. The van der Waals surface area contributed by atoms with Crippen LogP contribution in [0.2, 0.25) is 0 Å². The lowest BCUT2D eigenvalue weighted by Gasteiger charge is -2.30. The van der Waals surface area contributed by atoms with Gasteiger partial charge in [-0.05, 0) is 74.1 Å². The number of nitrogens with zero attached hydrogens (tertiary/aromatic N) is 5. The van der Waals surface area contributed by atoms with Crippen molar-refractivity contribution >= 4 is 28.9 Å². The smallest absolute Gasteiger partial charge is 0.407 e. The van der Waals surface area contributed by atoms with Gasteiger partial charge in [-0.1, -0.05) is 0 Å². The van der Waals surface area contributed by atoms with Crippen molar-refractivity contribution in [3.05, 3.63) is 96.0 Å². The number of pyridine rings is 3. The number of anilines is 1. The highest BCUT2D eigenvalue weighted by Crippen LogP contribution is 2.28. The second kappa shape index (κ2) is 13.6. The molecule has 6 rings (SSSR count). The molecule has 4 N–H and O–H groups in total. The minimum Gasteiger partial charge on any atom is -0.445 e. The highest BCUT2D eigenvalue weighted by atomic mass is 19.1. The lowest BCUT2D eigenvalue weighted by molar-refractivity contribution is 0.0921. The van der Waals surface area contributed by atoms with Crippen LogP contribution in [0.25, 0.3) is 22.4 Å². The van der Waals surface area contributed by atoms with Gasteiger partial charge in [0.25, 0.3) is 5.91 Å². The van der Waals surface area contributed by atoms with E-state index in [0.717, 1.165) is 37.2 Å². The number of hydrogen-bond donors (Lipinski definition) is 4. The zero-order chi connectivity index (χ0) is 32.0. The molecular weight excluding hydrogens is 596 g/mol. The number of carbonyl (C=O) groups is 2. The van der Waals surface area contributed by atoms with Gasteiger partial charge in [-0.15, -0.1) is 0 Å². The molecule has 0 radical (unpaired) electrons. The molecule has 1 aliphatic rings. The van der Waals surface area contributed by atoms with E-state index in [0.29, 0.717) is 28.6 Å². The highest BCUT2D eigenvalue weighted by molar-refractivity contribution is 5.93. The van der Waals surface area contributed by atoms with Crippen molar-refractivity contribution in [3.8, 4) is 11.4 Å². The van der Waals surface area contributed by atoms with Crippen LogP contribution in [0.15, 0.2) is 67.5 Å². The third-order valence-electron chi connectivity index (χ3n) is 7.80. The van der Waals surface area contributed by atoms with Crippen LogP contribution in [-0.2, 0) is 11.3 Å². The number of ether oxygens (including phenoxy) is 1. The maximum Gasteiger partial charge on any atom is 0.407 e. The molecule has 1 unspecified atom stereocenters. The Hall–Kier alpha value is -5.53. The van der Waals surface area contributed by atoms with Crippen LogP contribution in [0, 0.1) is 11.6 Å². The Bertz CT molecular complexity index is 1850. The molecule has 5 aromatic rings. The predicted molar refractivity (Wildman–Crippen MR) is 164 cm³/mol. The van der Waals surface area contributed by atoms with Crippen LogP contribution in [0.3, 0.4) is 0 Å². The van der Waals surface area contributed by atoms with Crippen molar-refractivity contribution in [2.75, 3.05) is 5.32 Å². The van der Waals surface area contributed by atoms with Crippen molar-refractivity contribution in [1.29, 1.82) is 0 Å². The lowest BCUT2D eigenvalue weighted by Crippen LogP contribution is -2.42. The fraction of sp³-hybridized carbons (Fsp3) is 0.281. The van der Waals surface area contributed by atoms with Crippen molar-refractivity contribution in [3.63, 3.8) is 0 Å². The molecule has 1 fully saturated rings. The van der Waals surface area contributed by atoms with E-state index < -0.39 is 17.7 Å². The molecule has 3 atom stereocenters. The van der Waals surface area contributed by atoms with E-state index in [-0.39, 0.29) is 48.0 Å². The van der Waals surface area contributed by atoms with Gasteiger partial charge in [0.1, 0.15) is 23.8 Å². The highest BCUT2D eigenvalue weighted by Gasteiger charge is 2.26. The van der Waals surface area contributed by atoms with E-state index in [2.05, 4.69) is 45.9 Å². The minimum atomic E-state index is -0.622. The van der Waals surface area contributed by atoms with Crippen LogP contribution in [0.4, 0.5) is 19.4 Å². The molecule has 0 aromatic carbocycles. The van der Waals surface area contributed by atoms with E-state index >= 15 is 0 Å². The zero-order valence-corrected chi connectivity index (χ0v) is 24.8. The SMILES string of the molecule is CC(NC(=O)OCc1ccnc(C(=O)N[C@H]2CCC[C@@H](Nc3nc(-c4c[nH]c5ncc(F)cc45)ncc3F)C2)c1)c1ccncc1. The minimum absolute atomic E-state index is 0.0225. The van der Waals surface area contributed by atoms with Crippen LogP contribution >= 0.6 is 0 Å². The number of hydrogen-bond acceptors (Lipinski definition) is 9. The summed E-state index contributed by atoms with van der Waals surface area (Å²) in [7, 11) is 0. The summed E-state index contributed by atoms with van der Waals surface area (Å²) >= 11 is 0. The lowest BCUT2D eigenvalue weighted by atomic mass is 9.91. The summed E-state index contributed by atoms with van der Waals surface area (Å²) in [5, 5.41) is 9.44. The molecule has 14 heteroatoms. The molecule has 2 amide bonds. The molecule has 46 heavy (non-hydrogen) atoms. The van der Waals surface area contributed by atoms with Gasteiger partial charge in [0, 0.05) is 47.8 Å². The van der Waals surface area contributed by atoms with Crippen molar-refractivity contribution < 1.29 is 23.1 Å². The van der Waals surface area contributed by atoms with E-state index in [9.17, 15) is 18.4 Å². The number of fused-ring (bicyclic) bond motifs is 1. The summed E-state index contributed by atoms with van der Waals surface area (Å²) in [6, 6.07) is 7.57. The summed E-state index contributed by atoms with van der Waals surface area (Å²) in [6.07, 6.45) is 10.8. The van der Waals surface area contributed by atoms with Crippen molar-refractivity contribution in [2.24, 2.45) is 0 Å². The van der Waals surface area contributed by atoms with Crippen LogP contribution in [-0.4, -0.2) is 54.0 Å². The number of amides is 2. The normalized spacial score (nSPS) is 16.8. The number of H-pyrrole nitrogens is 1. The Kier molecular flexibility index (Phi) is 9.03. The fourth-order valence-electron chi connectivity index (χ4n) is 5.46. The molecule has 5 heterocycles. The molecule has 0 bridgehead atoms. The first-order chi connectivity index (χ1) is 22.3. The number of aromatic amines is 1. The number of alkyl carbamates (subject to hydrolysis) is 1. The third-order valence-corrected chi connectivity index (χ3v) is 7.80. The zero-order valence-electron chi connectivity index (χ0n) is 24.8. The average molecular weight is 628 g/mol. The number of halogens is 2. The Morgan fingerprint density at radius 1 is 1.04 bits per heavy atom. The standard InChI is InChI=1S/C32H31F2N9O3/c1-18(20-6-8-35-9-7-20)40-32(45)46-17-19-5-10-36-27(11-19)31(44)42-23-4-2-3-22(13-23)41-30-26(34)16-39-29(43-30)25-15-38-28-24(25)12-21(33)14-37-28/h5-12,14-16,18,22-23H,2-4,13,17H2,1H3,(H,37,38)(H,40,45)(H,42,44)(H,39,41,43)/t18?,22-,23+/m1/s1. The van der Waals surface area contributed by atoms with Gasteiger partial charge in [-0.2, -0.15) is 0 Å². The summed E-state index contributed by atoms with van der Waals surface area (Å²) in [4.78, 5) is 49.0. The molecule has 1 aliphatic carbocycles. The number of carbonyl (C=O) groups excluding carboxylic acids is 2. The first kappa shape index (κ1) is 30.5.